The van der Waals surface area contributed by atoms with Crippen molar-refractivity contribution < 1.29 is 37.6 Å². The fourth-order valence-corrected chi connectivity index (χ4v) is 0. The molecule has 0 saturated carbocycles. The molecule has 0 aromatic heterocycles. The van der Waals surface area contributed by atoms with E-state index in [1.165, 1.54) is 0 Å². The molecule has 9 heteroatoms. The topological polar surface area (TPSA) is 0 Å². The summed E-state index contributed by atoms with van der Waals surface area (Å²) in [6.07, 6.45) is 0. The molecule has 0 rings (SSSR count). The van der Waals surface area contributed by atoms with Gasteiger partial charge in [-0.1, -0.05) is 0 Å². The molecule has 0 amide bonds. The van der Waals surface area contributed by atoms with Crippen molar-refractivity contribution in [3.8, 4) is 0 Å². The van der Waals surface area contributed by atoms with Crippen LogP contribution in [0, 0.1) is 0 Å². The molecule has 0 radical (unpaired) electrons. The highest BCUT2D eigenvalue weighted by molar-refractivity contribution is 5.75. The quantitative estimate of drug-likeness (QED) is 0.377. The van der Waals surface area contributed by atoms with Crippen molar-refractivity contribution in [2.24, 2.45) is 0 Å². The first-order chi connectivity index (χ1) is 0. The van der Waals surface area contributed by atoms with E-state index in [0.29, 0.717) is 0 Å². The van der Waals surface area contributed by atoms with Crippen LogP contribution < -0.4 is 0 Å². The van der Waals surface area contributed by atoms with Crippen LogP contribution in [0.1, 0.15) is 0 Å². The molecule has 68 valence electrons. The van der Waals surface area contributed by atoms with Gasteiger partial charge >= 0.3 is 23.1 Å². The first-order valence-electron chi connectivity index (χ1n) is 0. The van der Waals surface area contributed by atoms with Crippen molar-refractivity contribution in [3.05, 3.63) is 0 Å². The first kappa shape index (κ1) is 14600. The van der Waals surface area contributed by atoms with Gasteiger partial charge in [0, 0.05) is 0 Å². The largest absolute Gasteiger partial charge is 0.316 e. The predicted molar refractivity (Wildman–Crippen MR) is 28.6 cm³/mol. The highest BCUT2D eigenvalue weighted by atomic mass is 24.3. The molecule has 0 aromatic carbocycles. The Labute approximate surface area is 61.5 Å². The second-order valence-corrected chi connectivity index (χ2v) is 0. The molecular weight excluding hydrogens is 176 g/mol. The van der Waals surface area contributed by atoms with E-state index in [1.807, 2.05) is 0 Å². The summed E-state index contributed by atoms with van der Waals surface area (Å²) in [5, 5.41) is 0. The lowest BCUT2D eigenvalue weighted by molar-refractivity contribution is 1.11. The SMILES string of the molecule is F.F.F.F.F.F.F.F.[MgH2]. The van der Waals surface area contributed by atoms with Gasteiger partial charge in [0.2, 0.25) is 0 Å². The fraction of sp³-hybridized carbons (Fsp3) is 0. The van der Waals surface area contributed by atoms with Crippen molar-refractivity contribution in [1.29, 1.82) is 0 Å². The Hall–Kier alpha value is 0.206. The van der Waals surface area contributed by atoms with E-state index in [2.05, 4.69) is 0 Å². The average Bonchev–Trinajstić information content (AvgIpc) is 0. The van der Waals surface area contributed by atoms with Gasteiger partial charge < -0.3 is 0 Å². The summed E-state index contributed by atoms with van der Waals surface area (Å²) >= 11 is 0. The summed E-state index contributed by atoms with van der Waals surface area (Å²) < 4.78 is 0. The van der Waals surface area contributed by atoms with Gasteiger partial charge in [-0.3, -0.25) is 37.6 Å². The molecular formula is H10F8Mg. The number of hydrogen-bond donors (Lipinski definition) is 0. The molecule has 0 heterocycles. The molecule has 0 saturated heterocycles. The molecule has 0 aromatic rings. The maximum absolute atomic E-state index is 0. The minimum atomic E-state index is 0. The van der Waals surface area contributed by atoms with Gasteiger partial charge in [0.25, 0.3) is 0 Å². The third-order valence-corrected chi connectivity index (χ3v) is 0. The number of halogens is 8. The van der Waals surface area contributed by atoms with Crippen LogP contribution in [0.5, 0.6) is 0 Å². The molecule has 0 atom stereocenters. The van der Waals surface area contributed by atoms with E-state index >= 15 is 0 Å². The molecule has 0 aliphatic heterocycles. The van der Waals surface area contributed by atoms with Gasteiger partial charge in [-0.2, -0.15) is 0 Å². The highest BCUT2D eigenvalue weighted by Crippen LogP contribution is 0.427. The Balaban J connectivity index is 0. The van der Waals surface area contributed by atoms with Gasteiger partial charge in [-0.25, -0.2) is 0 Å². The van der Waals surface area contributed by atoms with Crippen LogP contribution in [0.2, 0.25) is 0 Å². The van der Waals surface area contributed by atoms with Crippen molar-refractivity contribution in [1.82, 2.24) is 0 Å². The molecule has 0 spiro atoms. The highest BCUT2D eigenvalue weighted by Gasteiger charge is 0.316. The standard InChI is InChI=1S/8FH.Mg.2H/h8*1H;;;. The summed E-state index contributed by atoms with van der Waals surface area (Å²) in [5.74, 6) is 0. The second-order valence-electron chi connectivity index (χ2n) is 0. The number of hydrogen-bond acceptors (Lipinski definition) is 0. The zero-order valence-electron chi connectivity index (χ0n) is 3.27. The zero-order valence-corrected chi connectivity index (χ0v) is 3.27. The van der Waals surface area contributed by atoms with Crippen molar-refractivity contribution in [2.45, 2.75) is 0 Å². The average molecular weight is 186 g/mol. The van der Waals surface area contributed by atoms with Gasteiger partial charge in [0.05, 0.1) is 0 Å². The monoisotopic (exact) mass is 186 g/mol. The summed E-state index contributed by atoms with van der Waals surface area (Å²) in [5.41, 5.74) is 0. The zero-order chi connectivity index (χ0) is 0. The molecule has 0 nitrogen and oxygen atoms in total. The maximum atomic E-state index is 0. The number of rotatable bonds is 0. The van der Waals surface area contributed by atoms with Gasteiger partial charge in [0.15, 0.2) is 0 Å². The van der Waals surface area contributed by atoms with Crippen molar-refractivity contribution >= 4 is 23.1 Å². The molecule has 0 aliphatic rings. The lowest BCUT2D eigenvalue weighted by Crippen LogP contribution is -0.381. The third-order valence-electron chi connectivity index (χ3n) is 0. The summed E-state index contributed by atoms with van der Waals surface area (Å²) in [6, 6.07) is 0. The molecule has 0 N–H and O–H groups in total. The van der Waals surface area contributed by atoms with Gasteiger partial charge in [0.1, 0.15) is 0 Å². The van der Waals surface area contributed by atoms with Crippen molar-refractivity contribution in [2.75, 3.05) is 0 Å². The van der Waals surface area contributed by atoms with E-state index in [-0.39, 0.29) is 60.7 Å². The van der Waals surface area contributed by atoms with Crippen LogP contribution in [0.15, 0.2) is 0 Å². The summed E-state index contributed by atoms with van der Waals surface area (Å²) in [4.78, 5) is 0. The Morgan fingerprint density at radius 1 is 0.222 bits per heavy atom. The normalized spacial score (nSPS) is 0. The van der Waals surface area contributed by atoms with Crippen LogP contribution in [-0.2, 0) is 0 Å². The Bertz CT molecular complexity index is 4.53. The molecule has 9 heavy (non-hydrogen) atoms. The molecule has 0 unspecified atom stereocenters. The van der Waals surface area contributed by atoms with Crippen molar-refractivity contribution in [3.63, 3.8) is 0 Å². The maximum Gasteiger partial charge on any atom is 0.316 e. The van der Waals surface area contributed by atoms with Gasteiger partial charge in [-0.05, 0) is 0 Å². The molecule has 0 bridgehead atoms. The Kier molecular flexibility index (Phi) is 16200000. The van der Waals surface area contributed by atoms with Crippen LogP contribution in [-0.4, -0.2) is 23.1 Å². The minimum Gasteiger partial charge on any atom is -0.269 e. The van der Waals surface area contributed by atoms with Crippen LogP contribution >= 0.6 is 0 Å². The van der Waals surface area contributed by atoms with E-state index in [0.717, 1.165) is 0 Å². The van der Waals surface area contributed by atoms with E-state index in [4.69, 9.17) is 0 Å². The van der Waals surface area contributed by atoms with E-state index in [9.17, 15) is 0 Å². The lowest BCUT2D eigenvalue weighted by atomic mass is 19.0. The predicted octanol–water partition coefficient (Wildman–Crippen LogP) is 0.304. The Morgan fingerprint density at radius 2 is 0.222 bits per heavy atom. The molecule has 0 aliphatic carbocycles. The summed E-state index contributed by atoms with van der Waals surface area (Å²) in [7, 11) is 0. The Morgan fingerprint density at radius 3 is 0.222 bits per heavy atom. The first-order valence-corrected chi connectivity index (χ1v) is 0. The second kappa shape index (κ2) is 10000. The third kappa shape index (κ3) is 7430. The van der Waals surface area contributed by atoms with Crippen LogP contribution in [0.4, 0.5) is 37.6 Å². The van der Waals surface area contributed by atoms with Crippen LogP contribution in [0.25, 0.3) is 0 Å². The van der Waals surface area contributed by atoms with Crippen LogP contribution in [0.3, 0.4) is 0 Å². The fourth-order valence-electron chi connectivity index (χ4n) is 0. The summed E-state index contributed by atoms with van der Waals surface area (Å²) in [6.45, 7) is 0. The van der Waals surface area contributed by atoms with Gasteiger partial charge in [-0.15, -0.1) is 0 Å². The van der Waals surface area contributed by atoms with E-state index in [1.54, 1.807) is 0 Å². The smallest absolute Gasteiger partial charge is 0.269 e. The lowest BCUT2D eigenvalue weighted by Gasteiger charge is -0.270. The minimum absolute atomic E-state index is 0. The molecule has 0 fully saturated rings. The van der Waals surface area contributed by atoms with E-state index < -0.39 is 0 Å².